The fraction of sp³-hybridized carbons (Fsp3) is 0.533. The molecule has 1 saturated heterocycles. The Morgan fingerprint density at radius 2 is 2.30 bits per heavy atom. The highest BCUT2D eigenvalue weighted by atomic mass is 35.5. The molecule has 4 nitrogen and oxygen atoms in total. The maximum atomic E-state index is 12.7. The highest BCUT2D eigenvalue weighted by Gasteiger charge is 2.29. The number of rotatable bonds is 3. The number of ether oxygens (including phenoxy) is 1. The average Bonchev–Trinajstić information content (AvgIpc) is 2.46. The number of methoxy groups -OCH3 is 1. The Morgan fingerprint density at radius 1 is 1.55 bits per heavy atom. The first-order valence-corrected chi connectivity index (χ1v) is 7.29. The van der Waals surface area contributed by atoms with Crippen LogP contribution in [0.5, 0.6) is 5.75 Å². The van der Waals surface area contributed by atoms with E-state index in [1.807, 2.05) is 11.8 Å². The van der Waals surface area contributed by atoms with E-state index in [9.17, 15) is 4.79 Å². The lowest BCUT2D eigenvalue weighted by atomic mass is 9.92. The summed E-state index contributed by atoms with van der Waals surface area (Å²) in [6, 6.07) is 5.34. The van der Waals surface area contributed by atoms with Crippen molar-refractivity contribution < 1.29 is 9.53 Å². The van der Waals surface area contributed by atoms with Crippen LogP contribution in [-0.2, 0) is 0 Å². The number of carbonyl (C=O) groups excluding carboxylic acids is 1. The number of likely N-dealkylation sites (tertiary alicyclic amines) is 1. The predicted octanol–water partition coefficient (Wildman–Crippen LogP) is 2.55. The summed E-state index contributed by atoms with van der Waals surface area (Å²) in [5.41, 5.74) is 6.41. The second-order valence-corrected chi connectivity index (χ2v) is 5.74. The van der Waals surface area contributed by atoms with Crippen molar-refractivity contribution in [3.8, 4) is 5.75 Å². The third-order valence-electron chi connectivity index (χ3n) is 3.90. The number of piperidine rings is 1. The zero-order valence-corrected chi connectivity index (χ0v) is 12.7. The van der Waals surface area contributed by atoms with Crippen molar-refractivity contribution in [2.75, 3.05) is 20.2 Å². The van der Waals surface area contributed by atoms with Crippen molar-refractivity contribution in [3.05, 3.63) is 28.8 Å². The van der Waals surface area contributed by atoms with Crippen LogP contribution in [-0.4, -0.2) is 37.0 Å². The fourth-order valence-electron chi connectivity index (χ4n) is 2.66. The number of carbonyl (C=O) groups is 1. The summed E-state index contributed by atoms with van der Waals surface area (Å²) < 4.78 is 5.26. The van der Waals surface area contributed by atoms with Crippen molar-refractivity contribution in [1.82, 2.24) is 4.90 Å². The molecule has 1 aromatic rings. The van der Waals surface area contributed by atoms with Gasteiger partial charge in [0.15, 0.2) is 0 Å². The fourth-order valence-corrected chi connectivity index (χ4v) is 2.91. The van der Waals surface area contributed by atoms with E-state index in [1.165, 1.54) is 0 Å². The molecule has 0 saturated carbocycles. The van der Waals surface area contributed by atoms with Gasteiger partial charge in [-0.15, -0.1) is 0 Å². The minimum atomic E-state index is -0.0715. The smallest absolute Gasteiger partial charge is 0.259 e. The van der Waals surface area contributed by atoms with Gasteiger partial charge in [-0.05, 0) is 37.8 Å². The molecule has 0 spiro atoms. The summed E-state index contributed by atoms with van der Waals surface area (Å²) in [7, 11) is 1.55. The lowest BCUT2D eigenvalue weighted by Gasteiger charge is -2.35. The van der Waals surface area contributed by atoms with Gasteiger partial charge in [0, 0.05) is 19.1 Å². The Bertz CT molecular complexity index is 491. The Balaban J connectivity index is 2.23. The normalized spacial score (nSPS) is 20.6. The summed E-state index contributed by atoms with van der Waals surface area (Å²) in [6.45, 7) is 3.43. The second-order valence-electron chi connectivity index (χ2n) is 5.33. The number of hydrogen-bond donors (Lipinski definition) is 1. The number of benzene rings is 1. The summed E-state index contributed by atoms with van der Waals surface area (Å²) in [4.78, 5) is 14.5. The number of hydrogen-bond acceptors (Lipinski definition) is 3. The summed E-state index contributed by atoms with van der Waals surface area (Å²) in [5.74, 6) is 0.796. The van der Waals surface area contributed by atoms with Gasteiger partial charge in [-0.25, -0.2) is 0 Å². The van der Waals surface area contributed by atoms with Gasteiger partial charge < -0.3 is 15.4 Å². The van der Waals surface area contributed by atoms with Gasteiger partial charge in [0.2, 0.25) is 0 Å². The molecule has 1 aliphatic rings. The van der Waals surface area contributed by atoms with Crippen LogP contribution in [0.2, 0.25) is 5.02 Å². The molecule has 20 heavy (non-hydrogen) atoms. The van der Waals surface area contributed by atoms with Crippen molar-refractivity contribution in [3.63, 3.8) is 0 Å². The van der Waals surface area contributed by atoms with Crippen molar-refractivity contribution >= 4 is 17.5 Å². The Labute approximate surface area is 124 Å². The number of nitrogens with zero attached hydrogens (tertiary/aromatic N) is 1. The largest absolute Gasteiger partial charge is 0.496 e. The maximum absolute atomic E-state index is 12.7. The SMILES string of the molecule is COc1cccc(Cl)c1C(=O)N1CCC[C@H]([C@H](C)N)C1. The van der Waals surface area contributed by atoms with Crippen molar-refractivity contribution in [2.24, 2.45) is 11.7 Å². The van der Waals surface area contributed by atoms with Crippen LogP contribution in [0.15, 0.2) is 18.2 Å². The quantitative estimate of drug-likeness (QED) is 0.932. The van der Waals surface area contributed by atoms with Crippen LogP contribution in [0, 0.1) is 5.92 Å². The zero-order valence-electron chi connectivity index (χ0n) is 11.9. The predicted molar refractivity (Wildman–Crippen MR) is 80.3 cm³/mol. The van der Waals surface area contributed by atoms with Gasteiger partial charge >= 0.3 is 0 Å². The Morgan fingerprint density at radius 3 is 2.95 bits per heavy atom. The molecule has 1 amide bonds. The van der Waals surface area contributed by atoms with E-state index in [4.69, 9.17) is 22.1 Å². The van der Waals surface area contributed by atoms with Crippen LogP contribution in [0.1, 0.15) is 30.1 Å². The molecule has 0 radical (unpaired) electrons. The summed E-state index contributed by atoms with van der Waals surface area (Å²) in [5, 5.41) is 0.428. The number of amides is 1. The molecule has 1 heterocycles. The van der Waals surface area contributed by atoms with Gasteiger partial charge in [-0.1, -0.05) is 17.7 Å². The number of halogens is 1. The highest BCUT2D eigenvalue weighted by molar-refractivity contribution is 6.34. The minimum Gasteiger partial charge on any atom is -0.496 e. The standard InChI is InChI=1S/C15H21ClN2O2/c1-10(17)11-5-4-8-18(9-11)15(19)14-12(16)6-3-7-13(14)20-2/h3,6-7,10-11H,4-5,8-9,17H2,1-2H3/t10-,11-/m0/s1. The molecule has 1 aromatic carbocycles. The van der Waals surface area contributed by atoms with Gasteiger partial charge in [0.05, 0.1) is 12.1 Å². The van der Waals surface area contributed by atoms with Crippen LogP contribution < -0.4 is 10.5 Å². The van der Waals surface area contributed by atoms with E-state index in [2.05, 4.69) is 0 Å². The van der Waals surface area contributed by atoms with Gasteiger partial charge in [-0.2, -0.15) is 0 Å². The molecule has 2 atom stereocenters. The van der Waals surface area contributed by atoms with Gasteiger partial charge in [-0.3, -0.25) is 4.79 Å². The van der Waals surface area contributed by atoms with Gasteiger partial charge in [0.1, 0.15) is 11.3 Å². The molecular weight excluding hydrogens is 276 g/mol. The Kier molecular flexibility index (Phi) is 4.89. The van der Waals surface area contributed by atoms with E-state index in [0.717, 1.165) is 19.4 Å². The minimum absolute atomic E-state index is 0.0715. The van der Waals surface area contributed by atoms with E-state index < -0.39 is 0 Å². The highest BCUT2D eigenvalue weighted by Crippen LogP contribution is 2.29. The molecule has 110 valence electrons. The van der Waals surface area contributed by atoms with Crippen LogP contribution in [0.4, 0.5) is 0 Å². The first-order valence-electron chi connectivity index (χ1n) is 6.92. The maximum Gasteiger partial charge on any atom is 0.259 e. The van der Waals surface area contributed by atoms with E-state index in [0.29, 0.717) is 28.8 Å². The monoisotopic (exact) mass is 296 g/mol. The molecule has 2 N–H and O–H groups in total. The Hall–Kier alpha value is -1.26. The summed E-state index contributed by atoms with van der Waals surface area (Å²) >= 11 is 6.17. The van der Waals surface area contributed by atoms with Crippen LogP contribution in [0.3, 0.4) is 0 Å². The first kappa shape index (κ1) is 15.1. The molecule has 0 unspecified atom stereocenters. The van der Waals surface area contributed by atoms with E-state index in [-0.39, 0.29) is 11.9 Å². The zero-order chi connectivity index (χ0) is 14.7. The molecule has 0 bridgehead atoms. The molecular formula is C15H21ClN2O2. The molecule has 1 aliphatic heterocycles. The molecule has 1 fully saturated rings. The third kappa shape index (κ3) is 3.07. The summed E-state index contributed by atoms with van der Waals surface area (Å²) in [6.07, 6.45) is 2.05. The number of nitrogens with two attached hydrogens (primary N) is 1. The lowest BCUT2D eigenvalue weighted by Crippen LogP contribution is -2.45. The molecule has 5 heteroatoms. The molecule has 0 aliphatic carbocycles. The van der Waals surface area contributed by atoms with E-state index >= 15 is 0 Å². The molecule has 0 aromatic heterocycles. The molecule has 2 rings (SSSR count). The lowest BCUT2D eigenvalue weighted by molar-refractivity contribution is 0.0658. The second kappa shape index (κ2) is 6.46. The van der Waals surface area contributed by atoms with Crippen LogP contribution >= 0.6 is 11.6 Å². The van der Waals surface area contributed by atoms with Crippen molar-refractivity contribution in [1.29, 1.82) is 0 Å². The first-order chi connectivity index (χ1) is 9.54. The average molecular weight is 297 g/mol. The van der Waals surface area contributed by atoms with Crippen LogP contribution in [0.25, 0.3) is 0 Å². The third-order valence-corrected chi connectivity index (χ3v) is 4.21. The topological polar surface area (TPSA) is 55.6 Å². The van der Waals surface area contributed by atoms with Crippen molar-refractivity contribution in [2.45, 2.75) is 25.8 Å². The van der Waals surface area contributed by atoms with E-state index in [1.54, 1.807) is 25.3 Å². The van der Waals surface area contributed by atoms with Gasteiger partial charge in [0.25, 0.3) is 5.91 Å².